The molecule has 0 radical (unpaired) electrons. The summed E-state index contributed by atoms with van der Waals surface area (Å²) in [6, 6.07) is 4.33. The third kappa shape index (κ3) is 2.94. The first-order valence-electron chi connectivity index (χ1n) is 5.89. The van der Waals surface area contributed by atoms with E-state index in [1.54, 1.807) is 13.0 Å². The van der Waals surface area contributed by atoms with Gasteiger partial charge in [-0.15, -0.1) is 0 Å². The van der Waals surface area contributed by atoms with E-state index in [-0.39, 0.29) is 28.7 Å². The summed E-state index contributed by atoms with van der Waals surface area (Å²) in [5.41, 5.74) is 0.478. The van der Waals surface area contributed by atoms with Crippen LogP contribution in [0.3, 0.4) is 0 Å². The molecule has 0 atom stereocenters. The predicted molar refractivity (Wildman–Crippen MR) is 71.6 cm³/mol. The molecule has 0 saturated carbocycles. The molecule has 0 amide bonds. The maximum atomic E-state index is 10.9. The number of benzene rings is 1. The van der Waals surface area contributed by atoms with Gasteiger partial charge in [-0.1, -0.05) is 6.07 Å². The molecule has 0 aliphatic rings. The summed E-state index contributed by atoms with van der Waals surface area (Å²) in [5.74, 6) is -0.891. The van der Waals surface area contributed by atoms with Crippen LogP contribution in [0.4, 0.5) is 5.69 Å². The number of ether oxygens (including phenoxy) is 1. The standard InChI is InChI=1S/C13H11N3O5/c1-7-10(16(19)20)4-3-5-11(7)21-13-14-6-9(12(17)18)8(2)15-13/h3-6H,1-2H3,(H,17,18). The van der Waals surface area contributed by atoms with Gasteiger partial charge in [-0.2, -0.15) is 4.98 Å². The predicted octanol–water partition coefficient (Wildman–Crippen LogP) is 2.49. The number of rotatable bonds is 4. The highest BCUT2D eigenvalue weighted by atomic mass is 16.6. The van der Waals surface area contributed by atoms with E-state index >= 15 is 0 Å². The van der Waals surface area contributed by atoms with Crippen LogP contribution in [-0.2, 0) is 0 Å². The number of nitro groups is 1. The van der Waals surface area contributed by atoms with E-state index in [1.807, 2.05) is 0 Å². The molecule has 0 aliphatic carbocycles. The van der Waals surface area contributed by atoms with Crippen molar-refractivity contribution in [1.82, 2.24) is 9.97 Å². The lowest BCUT2D eigenvalue weighted by atomic mass is 10.2. The Labute approximate surface area is 119 Å². The summed E-state index contributed by atoms with van der Waals surface area (Å²) in [7, 11) is 0. The molecule has 0 fully saturated rings. The van der Waals surface area contributed by atoms with Crippen molar-refractivity contribution in [1.29, 1.82) is 0 Å². The quantitative estimate of drug-likeness (QED) is 0.678. The SMILES string of the molecule is Cc1nc(Oc2cccc([N+](=O)[O-])c2C)ncc1C(=O)O. The minimum Gasteiger partial charge on any atom is -0.478 e. The van der Waals surface area contributed by atoms with Gasteiger partial charge >= 0.3 is 12.0 Å². The van der Waals surface area contributed by atoms with E-state index in [2.05, 4.69) is 9.97 Å². The normalized spacial score (nSPS) is 10.2. The summed E-state index contributed by atoms with van der Waals surface area (Å²) in [6.45, 7) is 3.06. The highest BCUT2D eigenvalue weighted by Gasteiger charge is 2.16. The molecular formula is C13H11N3O5. The fourth-order valence-electron chi connectivity index (χ4n) is 1.71. The highest BCUT2D eigenvalue weighted by Crippen LogP contribution is 2.29. The summed E-state index contributed by atoms with van der Waals surface area (Å²) in [5, 5.41) is 19.7. The number of hydrogen-bond donors (Lipinski definition) is 1. The first kappa shape index (κ1) is 14.4. The lowest BCUT2D eigenvalue weighted by molar-refractivity contribution is -0.385. The van der Waals surface area contributed by atoms with Crippen LogP contribution in [0, 0.1) is 24.0 Å². The number of hydrogen-bond acceptors (Lipinski definition) is 6. The third-order valence-corrected chi connectivity index (χ3v) is 2.84. The van der Waals surface area contributed by atoms with E-state index < -0.39 is 10.9 Å². The smallest absolute Gasteiger partial charge is 0.339 e. The van der Waals surface area contributed by atoms with Crippen LogP contribution in [0.2, 0.25) is 0 Å². The van der Waals surface area contributed by atoms with Gasteiger partial charge in [0.05, 0.1) is 21.7 Å². The van der Waals surface area contributed by atoms with Gasteiger partial charge in [-0.25, -0.2) is 9.78 Å². The molecular weight excluding hydrogens is 278 g/mol. The Kier molecular flexibility index (Phi) is 3.79. The molecule has 2 aromatic rings. The number of carboxylic acids is 1. The fraction of sp³-hybridized carbons (Fsp3) is 0.154. The zero-order valence-electron chi connectivity index (χ0n) is 11.2. The molecule has 0 aliphatic heterocycles. The van der Waals surface area contributed by atoms with Crippen molar-refractivity contribution >= 4 is 11.7 Å². The molecule has 0 saturated heterocycles. The molecule has 0 unspecified atom stereocenters. The summed E-state index contributed by atoms with van der Waals surface area (Å²) < 4.78 is 5.40. The van der Waals surface area contributed by atoms with Gasteiger partial charge in [0.1, 0.15) is 5.75 Å². The zero-order chi connectivity index (χ0) is 15.6. The molecule has 108 valence electrons. The molecule has 1 aromatic heterocycles. The Morgan fingerprint density at radius 2 is 2.10 bits per heavy atom. The van der Waals surface area contributed by atoms with Gasteiger partial charge in [-0.3, -0.25) is 10.1 Å². The number of carbonyl (C=O) groups is 1. The second kappa shape index (κ2) is 5.53. The van der Waals surface area contributed by atoms with Crippen molar-refractivity contribution in [3.63, 3.8) is 0 Å². The largest absolute Gasteiger partial charge is 0.478 e. The lowest BCUT2D eigenvalue weighted by Gasteiger charge is -2.08. The van der Waals surface area contributed by atoms with Crippen LogP contribution in [0.15, 0.2) is 24.4 Å². The van der Waals surface area contributed by atoms with E-state index in [1.165, 1.54) is 19.1 Å². The second-order valence-corrected chi connectivity index (χ2v) is 4.22. The number of carboxylic acid groups (broad SMARTS) is 1. The highest BCUT2D eigenvalue weighted by molar-refractivity contribution is 5.88. The second-order valence-electron chi connectivity index (χ2n) is 4.22. The van der Waals surface area contributed by atoms with Crippen molar-refractivity contribution in [3.05, 3.63) is 51.3 Å². The average Bonchev–Trinajstić information content (AvgIpc) is 2.40. The summed E-state index contributed by atoms with van der Waals surface area (Å²) in [4.78, 5) is 28.9. The van der Waals surface area contributed by atoms with Crippen LogP contribution in [-0.4, -0.2) is 26.0 Å². The fourth-order valence-corrected chi connectivity index (χ4v) is 1.71. The van der Waals surface area contributed by atoms with Crippen LogP contribution in [0.25, 0.3) is 0 Å². The Bertz CT molecular complexity index is 730. The molecule has 0 bridgehead atoms. The molecule has 2 rings (SSSR count). The molecule has 0 spiro atoms. The average molecular weight is 289 g/mol. The first-order chi connectivity index (χ1) is 9.90. The van der Waals surface area contributed by atoms with E-state index in [9.17, 15) is 14.9 Å². The van der Waals surface area contributed by atoms with Gasteiger partial charge in [0, 0.05) is 12.3 Å². The van der Waals surface area contributed by atoms with E-state index in [0.717, 1.165) is 6.20 Å². The van der Waals surface area contributed by atoms with Crippen LogP contribution >= 0.6 is 0 Å². The van der Waals surface area contributed by atoms with E-state index in [4.69, 9.17) is 9.84 Å². The van der Waals surface area contributed by atoms with Crippen molar-refractivity contribution < 1.29 is 19.6 Å². The van der Waals surface area contributed by atoms with Gasteiger partial charge in [-0.05, 0) is 19.9 Å². The van der Waals surface area contributed by atoms with Gasteiger partial charge in [0.25, 0.3) is 5.69 Å². The zero-order valence-corrected chi connectivity index (χ0v) is 11.2. The van der Waals surface area contributed by atoms with Crippen LogP contribution < -0.4 is 4.74 Å². The van der Waals surface area contributed by atoms with Gasteiger partial charge in [0.2, 0.25) is 0 Å². The van der Waals surface area contributed by atoms with Crippen LogP contribution in [0.5, 0.6) is 11.8 Å². The number of nitro benzene ring substituents is 1. The minimum atomic E-state index is -1.13. The van der Waals surface area contributed by atoms with Crippen LogP contribution in [0.1, 0.15) is 21.6 Å². The van der Waals surface area contributed by atoms with Gasteiger partial charge in [0.15, 0.2) is 0 Å². The molecule has 21 heavy (non-hydrogen) atoms. The number of aromatic nitrogens is 2. The van der Waals surface area contributed by atoms with Crippen molar-refractivity contribution in [2.24, 2.45) is 0 Å². The van der Waals surface area contributed by atoms with Crippen molar-refractivity contribution in [2.75, 3.05) is 0 Å². The minimum absolute atomic E-state index is 0.0295. The Morgan fingerprint density at radius 1 is 1.38 bits per heavy atom. The molecule has 8 nitrogen and oxygen atoms in total. The summed E-state index contributed by atoms with van der Waals surface area (Å²) in [6.07, 6.45) is 1.13. The maximum Gasteiger partial charge on any atom is 0.339 e. The van der Waals surface area contributed by atoms with Crippen molar-refractivity contribution in [3.8, 4) is 11.8 Å². The monoisotopic (exact) mass is 289 g/mol. The number of aryl methyl sites for hydroxylation is 1. The summed E-state index contributed by atoms with van der Waals surface area (Å²) >= 11 is 0. The Morgan fingerprint density at radius 3 is 2.67 bits per heavy atom. The van der Waals surface area contributed by atoms with Gasteiger partial charge < -0.3 is 9.84 Å². The number of nitrogens with zero attached hydrogens (tertiary/aromatic N) is 3. The van der Waals surface area contributed by atoms with E-state index in [0.29, 0.717) is 5.56 Å². The molecule has 1 heterocycles. The Balaban J connectivity index is 2.35. The van der Waals surface area contributed by atoms with Crippen molar-refractivity contribution in [2.45, 2.75) is 13.8 Å². The molecule has 1 N–H and O–H groups in total. The topological polar surface area (TPSA) is 115 Å². The first-order valence-corrected chi connectivity index (χ1v) is 5.89. The Hall–Kier alpha value is -3.03. The lowest BCUT2D eigenvalue weighted by Crippen LogP contribution is -2.04. The molecule has 8 heteroatoms. The maximum absolute atomic E-state index is 10.9. The molecule has 1 aromatic carbocycles. The third-order valence-electron chi connectivity index (χ3n) is 2.84. The number of aromatic carboxylic acids is 1.